The van der Waals surface area contributed by atoms with Gasteiger partial charge in [0.15, 0.2) is 6.10 Å². The van der Waals surface area contributed by atoms with E-state index in [9.17, 15) is 9.90 Å². The second-order valence-corrected chi connectivity index (χ2v) is 4.12. The Morgan fingerprint density at radius 2 is 2.41 bits per heavy atom. The molecule has 0 aromatic heterocycles. The van der Waals surface area contributed by atoms with E-state index in [4.69, 9.17) is 4.74 Å². The lowest BCUT2D eigenvalue weighted by Crippen LogP contribution is -2.22. The van der Waals surface area contributed by atoms with E-state index in [1.807, 2.05) is 12.1 Å². The Morgan fingerprint density at radius 1 is 1.59 bits per heavy atom. The number of aliphatic hydroxyl groups is 1. The minimum atomic E-state index is -1.04. The lowest BCUT2D eigenvalue weighted by molar-refractivity contribution is -0.150. The second-order valence-electron chi connectivity index (χ2n) is 4.12. The van der Waals surface area contributed by atoms with Crippen LogP contribution in [0.15, 0.2) is 18.2 Å². The van der Waals surface area contributed by atoms with Gasteiger partial charge in [0.05, 0.1) is 13.7 Å². The molecule has 0 aliphatic carbocycles. The summed E-state index contributed by atoms with van der Waals surface area (Å²) in [4.78, 5) is 11.0. The maximum atomic E-state index is 11.0. The van der Waals surface area contributed by atoms with Crippen LogP contribution in [0.4, 0.5) is 0 Å². The fraction of sp³-hybridized carbons (Fsp3) is 0.462. The molecule has 4 heteroatoms. The van der Waals surface area contributed by atoms with Crippen LogP contribution < -0.4 is 4.74 Å². The van der Waals surface area contributed by atoms with Gasteiger partial charge in [0.25, 0.3) is 0 Å². The van der Waals surface area contributed by atoms with Gasteiger partial charge in [-0.05, 0) is 30.0 Å². The molecule has 1 aromatic rings. The molecule has 0 amide bonds. The van der Waals surface area contributed by atoms with Crippen molar-refractivity contribution < 1.29 is 19.4 Å². The van der Waals surface area contributed by atoms with Crippen LogP contribution in [0, 0.1) is 0 Å². The fourth-order valence-electron chi connectivity index (χ4n) is 1.95. The first-order valence-corrected chi connectivity index (χ1v) is 5.71. The van der Waals surface area contributed by atoms with Crippen molar-refractivity contribution in [3.63, 3.8) is 0 Å². The number of esters is 1. The Labute approximate surface area is 100 Å². The quantitative estimate of drug-likeness (QED) is 0.795. The maximum absolute atomic E-state index is 11.0. The number of aryl methyl sites for hydroxylation is 1. The summed E-state index contributed by atoms with van der Waals surface area (Å²) >= 11 is 0. The lowest BCUT2D eigenvalue weighted by atomic mass is 10.0. The Balaban J connectivity index is 1.93. The van der Waals surface area contributed by atoms with Gasteiger partial charge in [-0.2, -0.15) is 0 Å². The number of carbonyl (C=O) groups excluding carboxylic acids is 1. The molecule has 1 unspecified atom stereocenters. The first-order valence-electron chi connectivity index (χ1n) is 5.71. The zero-order chi connectivity index (χ0) is 12.3. The van der Waals surface area contributed by atoms with Crippen LogP contribution in [0.25, 0.3) is 0 Å². The summed E-state index contributed by atoms with van der Waals surface area (Å²) in [6.07, 6.45) is 0.933. The highest BCUT2D eigenvalue weighted by molar-refractivity contribution is 5.74. The summed E-state index contributed by atoms with van der Waals surface area (Å²) in [7, 11) is 1.28. The highest BCUT2D eigenvalue weighted by atomic mass is 16.5. The van der Waals surface area contributed by atoms with Gasteiger partial charge in [0, 0.05) is 6.42 Å². The zero-order valence-electron chi connectivity index (χ0n) is 9.81. The normalized spacial score (nSPS) is 14.9. The molecule has 1 aliphatic heterocycles. The van der Waals surface area contributed by atoms with Gasteiger partial charge in [-0.15, -0.1) is 0 Å². The van der Waals surface area contributed by atoms with Crippen molar-refractivity contribution in [2.45, 2.75) is 25.4 Å². The van der Waals surface area contributed by atoms with Crippen LogP contribution in [0.3, 0.4) is 0 Å². The van der Waals surface area contributed by atoms with E-state index < -0.39 is 12.1 Å². The highest BCUT2D eigenvalue weighted by Gasteiger charge is 2.16. The van der Waals surface area contributed by atoms with Crippen molar-refractivity contribution >= 4 is 5.97 Å². The number of rotatable bonds is 4. The molecule has 92 valence electrons. The number of fused-ring (bicyclic) bond motifs is 1. The molecule has 1 aromatic carbocycles. The van der Waals surface area contributed by atoms with Crippen LogP contribution >= 0.6 is 0 Å². The summed E-state index contributed by atoms with van der Waals surface area (Å²) in [5.74, 6) is 0.372. The predicted octanol–water partition coefficient (Wildman–Crippen LogP) is 1.09. The Morgan fingerprint density at radius 3 is 3.18 bits per heavy atom. The number of carbonyl (C=O) groups is 1. The van der Waals surface area contributed by atoms with Crippen molar-refractivity contribution in [2.75, 3.05) is 13.7 Å². The topological polar surface area (TPSA) is 55.8 Å². The Bertz CT molecular complexity index is 414. The van der Waals surface area contributed by atoms with Crippen LogP contribution in [-0.4, -0.2) is 30.9 Å². The van der Waals surface area contributed by atoms with Crippen molar-refractivity contribution in [1.82, 2.24) is 0 Å². The van der Waals surface area contributed by atoms with E-state index >= 15 is 0 Å². The fourth-order valence-corrected chi connectivity index (χ4v) is 1.95. The predicted molar refractivity (Wildman–Crippen MR) is 62.0 cm³/mol. The van der Waals surface area contributed by atoms with Crippen molar-refractivity contribution in [2.24, 2.45) is 0 Å². The summed E-state index contributed by atoms with van der Waals surface area (Å²) in [5.41, 5.74) is 2.31. The molecule has 0 spiro atoms. The third kappa shape index (κ3) is 2.77. The molecule has 0 fully saturated rings. The van der Waals surface area contributed by atoms with Crippen LogP contribution in [0.1, 0.15) is 17.5 Å². The van der Waals surface area contributed by atoms with Gasteiger partial charge in [-0.25, -0.2) is 4.79 Å². The maximum Gasteiger partial charge on any atom is 0.334 e. The second kappa shape index (κ2) is 5.19. The van der Waals surface area contributed by atoms with E-state index in [0.29, 0.717) is 12.8 Å². The van der Waals surface area contributed by atoms with Crippen LogP contribution in [0.2, 0.25) is 0 Å². The van der Waals surface area contributed by atoms with Gasteiger partial charge in [-0.3, -0.25) is 0 Å². The summed E-state index contributed by atoms with van der Waals surface area (Å²) in [5, 5.41) is 9.47. The van der Waals surface area contributed by atoms with Gasteiger partial charge in [0.2, 0.25) is 0 Å². The third-order valence-corrected chi connectivity index (χ3v) is 2.93. The monoisotopic (exact) mass is 236 g/mol. The molecule has 2 rings (SSSR count). The first kappa shape index (κ1) is 11.9. The summed E-state index contributed by atoms with van der Waals surface area (Å²) < 4.78 is 9.88. The minimum absolute atomic E-state index is 0.381. The molecule has 1 heterocycles. The molecular formula is C13H16O4. The smallest absolute Gasteiger partial charge is 0.334 e. The summed E-state index contributed by atoms with van der Waals surface area (Å²) in [6.45, 7) is 0.740. The molecule has 0 bridgehead atoms. The van der Waals surface area contributed by atoms with E-state index in [1.54, 1.807) is 0 Å². The zero-order valence-corrected chi connectivity index (χ0v) is 9.81. The third-order valence-electron chi connectivity index (χ3n) is 2.93. The highest BCUT2D eigenvalue weighted by Crippen LogP contribution is 2.26. The Hall–Kier alpha value is -1.55. The molecule has 4 nitrogen and oxygen atoms in total. The average Bonchev–Trinajstić information content (AvgIpc) is 2.82. The van der Waals surface area contributed by atoms with Crippen LogP contribution in [0.5, 0.6) is 5.75 Å². The lowest BCUT2D eigenvalue weighted by Gasteiger charge is -2.08. The van der Waals surface area contributed by atoms with E-state index in [1.165, 1.54) is 12.7 Å². The largest absolute Gasteiger partial charge is 0.493 e. The number of methoxy groups -OCH3 is 1. The average molecular weight is 236 g/mol. The molecule has 0 radical (unpaired) electrons. The minimum Gasteiger partial charge on any atom is -0.493 e. The number of ether oxygens (including phenoxy) is 2. The number of benzene rings is 1. The number of aliphatic hydroxyl groups excluding tert-OH is 1. The van der Waals surface area contributed by atoms with Gasteiger partial charge >= 0.3 is 5.97 Å². The number of hydrogen-bond donors (Lipinski definition) is 1. The van der Waals surface area contributed by atoms with E-state index in [2.05, 4.69) is 10.8 Å². The molecule has 1 atom stereocenters. The molecule has 0 saturated heterocycles. The molecule has 1 aliphatic rings. The number of hydrogen-bond acceptors (Lipinski definition) is 4. The molecule has 1 N–H and O–H groups in total. The molecule has 0 saturated carbocycles. The first-order chi connectivity index (χ1) is 8.20. The van der Waals surface area contributed by atoms with Crippen LogP contribution in [-0.2, 0) is 22.4 Å². The molecular weight excluding hydrogens is 220 g/mol. The standard InChI is InChI=1S/C13H16O4/c1-16-13(15)11(14)4-2-9-3-5-12-10(8-9)6-7-17-12/h3,5,8,11,14H,2,4,6-7H2,1H3. The van der Waals surface area contributed by atoms with E-state index in [-0.39, 0.29) is 0 Å². The summed E-state index contributed by atoms with van der Waals surface area (Å²) in [6, 6.07) is 5.99. The Kier molecular flexibility index (Phi) is 3.64. The van der Waals surface area contributed by atoms with Gasteiger partial charge < -0.3 is 14.6 Å². The van der Waals surface area contributed by atoms with Crippen molar-refractivity contribution in [3.05, 3.63) is 29.3 Å². The molecule has 17 heavy (non-hydrogen) atoms. The van der Waals surface area contributed by atoms with E-state index in [0.717, 1.165) is 24.3 Å². The van der Waals surface area contributed by atoms with Gasteiger partial charge in [-0.1, -0.05) is 12.1 Å². The SMILES string of the molecule is COC(=O)C(O)CCc1ccc2c(c1)CCO2. The van der Waals surface area contributed by atoms with Crippen molar-refractivity contribution in [1.29, 1.82) is 0 Å². The van der Waals surface area contributed by atoms with Gasteiger partial charge in [0.1, 0.15) is 5.75 Å². The van der Waals surface area contributed by atoms with Crippen molar-refractivity contribution in [3.8, 4) is 5.75 Å².